The molecule has 0 aliphatic rings. The van der Waals surface area contributed by atoms with E-state index in [9.17, 15) is 13.2 Å². The number of rotatable bonds is 3. The van der Waals surface area contributed by atoms with Crippen molar-refractivity contribution in [3.05, 3.63) is 40.9 Å². The summed E-state index contributed by atoms with van der Waals surface area (Å²) in [6.45, 7) is 1.94. The number of aryl methyl sites for hydroxylation is 1. The van der Waals surface area contributed by atoms with Gasteiger partial charge in [0.25, 0.3) is 0 Å². The number of H-pyrrole nitrogens is 1. The van der Waals surface area contributed by atoms with Gasteiger partial charge in [-0.15, -0.1) is 13.2 Å². The summed E-state index contributed by atoms with van der Waals surface area (Å²) in [6.07, 6.45) is -2.26. The number of ether oxygens (including phenoxy) is 1. The molecule has 0 aliphatic carbocycles. The van der Waals surface area contributed by atoms with Gasteiger partial charge < -0.3 is 9.72 Å². The molecule has 102 valence electrons. The maximum Gasteiger partial charge on any atom is 0.573 e. The number of hydrogen-bond acceptors (Lipinski definition) is 2. The topological polar surface area (TPSA) is 29.9 Å². The third-order valence-electron chi connectivity index (χ3n) is 2.52. The fourth-order valence-corrected chi connectivity index (χ4v) is 2.05. The van der Waals surface area contributed by atoms with Crippen LogP contribution in [-0.2, 0) is 6.42 Å². The number of nitrogens with zero attached hydrogens (tertiary/aromatic N) is 1. The molecule has 2 rings (SSSR count). The van der Waals surface area contributed by atoms with E-state index < -0.39 is 6.36 Å². The van der Waals surface area contributed by atoms with Crippen molar-refractivity contribution >= 4 is 12.2 Å². The van der Waals surface area contributed by atoms with E-state index in [4.69, 9.17) is 12.2 Å². The minimum absolute atomic E-state index is 0.268. The predicted octanol–water partition coefficient (Wildman–Crippen LogP) is 4.00. The van der Waals surface area contributed by atoms with Gasteiger partial charge in [0.05, 0.1) is 5.69 Å². The molecule has 0 saturated heterocycles. The number of imidazole rings is 1. The number of nitrogens with one attached hydrogen (secondary N) is 1. The second kappa shape index (κ2) is 5.08. The van der Waals surface area contributed by atoms with E-state index in [1.807, 2.05) is 6.92 Å². The molecule has 0 unspecified atom stereocenters. The van der Waals surface area contributed by atoms with E-state index in [-0.39, 0.29) is 5.75 Å². The van der Waals surface area contributed by atoms with Gasteiger partial charge in [-0.2, -0.15) is 0 Å². The molecule has 0 saturated carbocycles. The van der Waals surface area contributed by atoms with Gasteiger partial charge in [-0.05, 0) is 30.8 Å². The van der Waals surface area contributed by atoms with Crippen molar-refractivity contribution in [2.24, 2.45) is 0 Å². The molecule has 0 fully saturated rings. The number of hydrogen-bond donors (Lipinski definition) is 1. The summed E-state index contributed by atoms with van der Waals surface area (Å²) < 4.78 is 42.6. The molecule has 1 aromatic heterocycles. The quantitative estimate of drug-likeness (QED) is 0.865. The molecule has 1 aromatic carbocycles. The lowest BCUT2D eigenvalue weighted by molar-refractivity contribution is -0.274. The van der Waals surface area contributed by atoms with Crippen LogP contribution in [0, 0.1) is 4.77 Å². The van der Waals surface area contributed by atoms with Crippen LogP contribution in [0.25, 0.3) is 5.69 Å². The van der Waals surface area contributed by atoms with Crippen LogP contribution in [-0.4, -0.2) is 15.9 Å². The lowest BCUT2D eigenvalue weighted by Crippen LogP contribution is -2.17. The van der Waals surface area contributed by atoms with Crippen LogP contribution < -0.4 is 4.74 Å². The van der Waals surface area contributed by atoms with Gasteiger partial charge in [0.15, 0.2) is 4.77 Å². The van der Waals surface area contributed by atoms with Gasteiger partial charge in [0.1, 0.15) is 5.75 Å². The van der Waals surface area contributed by atoms with E-state index >= 15 is 0 Å². The zero-order chi connectivity index (χ0) is 14.0. The van der Waals surface area contributed by atoms with Gasteiger partial charge in [-0.25, -0.2) is 0 Å². The van der Waals surface area contributed by atoms with Crippen LogP contribution in [0.4, 0.5) is 13.2 Å². The van der Waals surface area contributed by atoms with Crippen LogP contribution in [0.5, 0.6) is 5.75 Å². The molecule has 0 atom stereocenters. The van der Waals surface area contributed by atoms with Crippen molar-refractivity contribution in [3.63, 3.8) is 0 Å². The minimum atomic E-state index is -4.70. The Morgan fingerprint density at radius 1 is 1.37 bits per heavy atom. The molecule has 7 heteroatoms. The maximum absolute atomic E-state index is 12.2. The SMILES string of the molecule is CCc1c[nH]c(=S)n1-c1cccc(OC(F)(F)F)c1. The van der Waals surface area contributed by atoms with Crippen molar-refractivity contribution in [2.45, 2.75) is 19.7 Å². The predicted molar refractivity (Wildman–Crippen MR) is 67.0 cm³/mol. The molecule has 0 radical (unpaired) electrons. The van der Waals surface area contributed by atoms with Crippen molar-refractivity contribution in [3.8, 4) is 11.4 Å². The first-order valence-corrected chi connectivity index (χ1v) is 5.97. The Hall–Kier alpha value is -1.76. The highest BCUT2D eigenvalue weighted by Crippen LogP contribution is 2.25. The number of alkyl halides is 3. The fraction of sp³-hybridized carbons (Fsp3) is 0.250. The van der Waals surface area contributed by atoms with Crippen LogP contribution in [0.3, 0.4) is 0 Å². The number of aromatic nitrogens is 2. The van der Waals surface area contributed by atoms with E-state index in [0.717, 1.165) is 5.69 Å². The monoisotopic (exact) mass is 288 g/mol. The Kier molecular flexibility index (Phi) is 3.66. The second-order valence-electron chi connectivity index (χ2n) is 3.82. The molecule has 1 heterocycles. The summed E-state index contributed by atoms with van der Waals surface area (Å²) >= 11 is 5.12. The van der Waals surface area contributed by atoms with Gasteiger partial charge in [-0.1, -0.05) is 13.0 Å². The number of halogens is 3. The lowest BCUT2D eigenvalue weighted by atomic mass is 10.2. The van der Waals surface area contributed by atoms with Crippen LogP contribution >= 0.6 is 12.2 Å². The Morgan fingerprint density at radius 2 is 2.11 bits per heavy atom. The molecule has 0 bridgehead atoms. The van der Waals surface area contributed by atoms with Gasteiger partial charge in [0.2, 0.25) is 0 Å². The largest absolute Gasteiger partial charge is 0.573 e. The Labute approximate surface area is 112 Å². The van der Waals surface area contributed by atoms with Gasteiger partial charge >= 0.3 is 6.36 Å². The highest BCUT2D eigenvalue weighted by Gasteiger charge is 2.31. The molecular weight excluding hydrogens is 277 g/mol. The molecule has 0 spiro atoms. The minimum Gasteiger partial charge on any atom is -0.406 e. The zero-order valence-corrected chi connectivity index (χ0v) is 10.8. The summed E-state index contributed by atoms with van der Waals surface area (Å²) in [7, 11) is 0. The van der Waals surface area contributed by atoms with E-state index in [2.05, 4.69) is 9.72 Å². The van der Waals surface area contributed by atoms with E-state index in [0.29, 0.717) is 16.9 Å². The molecule has 1 N–H and O–H groups in total. The highest BCUT2D eigenvalue weighted by atomic mass is 32.1. The third-order valence-corrected chi connectivity index (χ3v) is 2.82. The first-order chi connectivity index (χ1) is 8.90. The van der Waals surface area contributed by atoms with Crippen molar-refractivity contribution in [2.75, 3.05) is 0 Å². The molecule has 3 nitrogen and oxygen atoms in total. The van der Waals surface area contributed by atoms with Crippen LogP contribution in [0.1, 0.15) is 12.6 Å². The summed E-state index contributed by atoms with van der Waals surface area (Å²) in [5.41, 5.74) is 1.42. The number of benzene rings is 1. The summed E-state index contributed by atoms with van der Waals surface area (Å²) in [4.78, 5) is 2.87. The highest BCUT2D eigenvalue weighted by molar-refractivity contribution is 7.71. The summed E-state index contributed by atoms with van der Waals surface area (Å²) in [5.74, 6) is -0.268. The van der Waals surface area contributed by atoms with Gasteiger partial charge in [0, 0.05) is 18.0 Å². The molecule has 2 aromatic rings. The van der Waals surface area contributed by atoms with E-state index in [1.165, 1.54) is 18.2 Å². The van der Waals surface area contributed by atoms with Crippen molar-refractivity contribution < 1.29 is 17.9 Å². The molecule has 0 aliphatic heterocycles. The summed E-state index contributed by atoms with van der Waals surface area (Å²) in [6, 6.07) is 5.71. The molecule has 0 amide bonds. The number of aromatic amines is 1. The average Bonchev–Trinajstić information content (AvgIpc) is 2.68. The average molecular weight is 288 g/mol. The zero-order valence-electron chi connectivity index (χ0n) is 9.99. The van der Waals surface area contributed by atoms with E-state index in [1.54, 1.807) is 16.8 Å². The third kappa shape index (κ3) is 3.17. The Bertz CT molecular complexity index is 630. The normalized spacial score (nSPS) is 11.6. The first-order valence-electron chi connectivity index (χ1n) is 5.56. The fourth-order valence-electron chi connectivity index (χ4n) is 1.77. The Balaban J connectivity index is 2.43. The maximum atomic E-state index is 12.2. The first kappa shape index (κ1) is 13.7. The second-order valence-corrected chi connectivity index (χ2v) is 4.21. The Morgan fingerprint density at radius 3 is 2.74 bits per heavy atom. The van der Waals surface area contributed by atoms with Gasteiger partial charge in [-0.3, -0.25) is 4.57 Å². The lowest BCUT2D eigenvalue weighted by Gasteiger charge is -2.11. The smallest absolute Gasteiger partial charge is 0.406 e. The van der Waals surface area contributed by atoms with Crippen molar-refractivity contribution in [1.82, 2.24) is 9.55 Å². The van der Waals surface area contributed by atoms with Crippen LogP contribution in [0.15, 0.2) is 30.5 Å². The summed E-state index contributed by atoms with van der Waals surface area (Å²) in [5, 5.41) is 0. The standard InChI is InChI=1S/C12H11F3N2OS/c1-2-8-7-16-11(19)17(8)9-4-3-5-10(6-9)18-12(13,14)15/h3-7H,2H2,1H3,(H,16,19). The molecular formula is C12H11F3N2OS. The van der Waals surface area contributed by atoms with Crippen LogP contribution in [0.2, 0.25) is 0 Å². The molecule has 19 heavy (non-hydrogen) atoms. The van der Waals surface area contributed by atoms with Crippen molar-refractivity contribution in [1.29, 1.82) is 0 Å².